The molecule has 2 amide bonds. The van der Waals surface area contributed by atoms with E-state index >= 15 is 0 Å². The predicted octanol–water partition coefficient (Wildman–Crippen LogP) is 3.21. The number of carbonyl (C=O) groups is 3. The quantitative estimate of drug-likeness (QED) is 0.509. The van der Waals surface area contributed by atoms with Gasteiger partial charge < -0.3 is 15.7 Å². The Morgan fingerprint density at radius 1 is 1.09 bits per heavy atom. The monoisotopic (exact) mass is 479 g/mol. The van der Waals surface area contributed by atoms with Crippen LogP contribution in [0.2, 0.25) is 0 Å². The van der Waals surface area contributed by atoms with Crippen LogP contribution in [-0.4, -0.2) is 50.7 Å². The Morgan fingerprint density at radius 3 is 2.37 bits per heavy atom. The number of amides is 2. The minimum Gasteiger partial charge on any atom is -0.480 e. The molecule has 2 heterocycles. The molecule has 9 heteroatoms. The number of nitrogens with zero attached hydrogens (tertiary/aromatic N) is 3. The van der Waals surface area contributed by atoms with Gasteiger partial charge in [-0.1, -0.05) is 6.07 Å². The van der Waals surface area contributed by atoms with Crippen LogP contribution < -0.4 is 10.6 Å². The lowest BCUT2D eigenvalue weighted by molar-refractivity contribution is -0.142. The van der Waals surface area contributed by atoms with Gasteiger partial charge in [-0.3, -0.25) is 24.0 Å². The number of aromatic nitrogens is 2. The molecule has 2 aromatic rings. The van der Waals surface area contributed by atoms with Crippen molar-refractivity contribution in [2.45, 2.75) is 64.2 Å². The van der Waals surface area contributed by atoms with Crippen LogP contribution in [0.5, 0.6) is 0 Å². The Bertz CT molecular complexity index is 1140. The molecule has 0 saturated heterocycles. The molecule has 186 valence electrons. The summed E-state index contributed by atoms with van der Waals surface area (Å²) in [5.74, 6) is -0.368. The van der Waals surface area contributed by atoms with E-state index in [4.69, 9.17) is 0 Å². The van der Waals surface area contributed by atoms with Crippen LogP contribution in [0, 0.1) is 17.8 Å². The highest BCUT2D eigenvalue weighted by atomic mass is 16.4. The number of carbonyl (C=O) groups excluding carboxylic acids is 2. The Morgan fingerprint density at radius 2 is 1.77 bits per heavy atom. The fraction of sp³-hybridized carbons (Fsp3) is 0.538. The van der Waals surface area contributed by atoms with Crippen molar-refractivity contribution in [1.29, 1.82) is 0 Å². The van der Waals surface area contributed by atoms with Crippen LogP contribution in [0.1, 0.15) is 73.2 Å². The molecular formula is C26H33N5O4. The van der Waals surface area contributed by atoms with Gasteiger partial charge in [0.1, 0.15) is 17.8 Å². The number of carboxylic acid groups (broad SMARTS) is 1. The summed E-state index contributed by atoms with van der Waals surface area (Å²) in [6, 6.07) is 5.78. The molecule has 2 atom stereocenters. The molecule has 1 aromatic carbocycles. The molecule has 3 aliphatic rings. The summed E-state index contributed by atoms with van der Waals surface area (Å²) >= 11 is 0. The maximum atomic E-state index is 13.6. The Hall–Kier alpha value is -3.20. The molecule has 1 unspecified atom stereocenters. The molecule has 1 aliphatic heterocycles. The van der Waals surface area contributed by atoms with Crippen molar-refractivity contribution in [3.8, 4) is 0 Å². The predicted molar refractivity (Wildman–Crippen MR) is 130 cm³/mol. The third-order valence-corrected chi connectivity index (χ3v) is 7.48. The number of aliphatic carboxylic acids is 1. The summed E-state index contributed by atoms with van der Waals surface area (Å²) < 4.78 is 1.67. The molecule has 0 bridgehead atoms. The van der Waals surface area contributed by atoms with E-state index in [9.17, 15) is 19.5 Å². The molecule has 3 N–H and O–H groups in total. The zero-order chi connectivity index (χ0) is 24.9. The van der Waals surface area contributed by atoms with Crippen LogP contribution in [0.3, 0.4) is 0 Å². The van der Waals surface area contributed by atoms with Crippen LogP contribution in [0.15, 0.2) is 30.5 Å². The minimum atomic E-state index is -0.886. The standard InChI is InChI=1S/C26H33N5O4/c1-14(2)31-20(10-11-27-31)24(32)29-22(21(15-4-5-15)16-6-7-16)25(33)28-18-8-9-19-17(12-18)13-30(3)23(19)26(34)35/h8-12,14-16,21-23H,4-7,13H2,1-3H3,(H,28,33)(H,29,32)(H,34,35)/t22-,23?/m0/s1. The molecule has 0 radical (unpaired) electrons. The lowest BCUT2D eigenvalue weighted by Gasteiger charge is -2.28. The molecular weight excluding hydrogens is 446 g/mol. The lowest BCUT2D eigenvalue weighted by atomic mass is 9.88. The molecule has 0 spiro atoms. The zero-order valence-electron chi connectivity index (χ0n) is 20.4. The number of likely N-dealkylation sites (N-methyl/N-ethyl adjacent to an activating group) is 1. The van der Waals surface area contributed by atoms with Crippen LogP contribution in [-0.2, 0) is 16.1 Å². The summed E-state index contributed by atoms with van der Waals surface area (Å²) in [6.07, 6.45) is 5.97. The van der Waals surface area contributed by atoms with Crippen molar-refractivity contribution < 1.29 is 19.5 Å². The number of hydrogen-bond acceptors (Lipinski definition) is 5. The van der Waals surface area contributed by atoms with E-state index in [1.54, 1.807) is 41.0 Å². The minimum absolute atomic E-state index is 0.0276. The average Bonchev–Trinajstić information content (AvgIpc) is 3.72. The maximum absolute atomic E-state index is 13.6. The number of carboxylic acids is 1. The second-order valence-electron chi connectivity index (χ2n) is 10.5. The summed E-state index contributed by atoms with van der Waals surface area (Å²) in [6.45, 7) is 4.43. The van der Waals surface area contributed by atoms with Crippen molar-refractivity contribution in [2.75, 3.05) is 12.4 Å². The third kappa shape index (κ3) is 4.69. The summed E-state index contributed by atoms with van der Waals surface area (Å²) in [5, 5.41) is 19.9. The fourth-order valence-electron chi connectivity index (χ4n) is 5.57. The van der Waals surface area contributed by atoms with Gasteiger partial charge in [0.05, 0.1) is 0 Å². The Kier molecular flexibility index (Phi) is 6.13. The first-order chi connectivity index (χ1) is 16.7. The van der Waals surface area contributed by atoms with Gasteiger partial charge in [-0.05, 0) is 93.7 Å². The van der Waals surface area contributed by atoms with Gasteiger partial charge in [-0.15, -0.1) is 0 Å². The van der Waals surface area contributed by atoms with Crippen LogP contribution in [0.4, 0.5) is 5.69 Å². The molecule has 2 saturated carbocycles. The number of fused-ring (bicyclic) bond motifs is 1. The van der Waals surface area contributed by atoms with E-state index < -0.39 is 18.1 Å². The number of rotatable bonds is 9. The molecule has 9 nitrogen and oxygen atoms in total. The molecule has 1 aromatic heterocycles. The molecule has 35 heavy (non-hydrogen) atoms. The maximum Gasteiger partial charge on any atom is 0.325 e. The van der Waals surface area contributed by atoms with E-state index in [-0.39, 0.29) is 23.8 Å². The van der Waals surface area contributed by atoms with Gasteiger partial charge in [0.2, 0.25) is 5.91 Å². The van der Waals surface area contributed by atoms with Crippen LogP contribution in [0.25, 0.3) is 0 Å². The van der Waals surface area contributed by atoms with E-state index in [0.29, 0.717) is 29.8 Å². The Balaban J connectivity index is 1.38. The number of anilines is 1. The Labute approximate surface area is 204 Å². The van der Waals surface area contributed by atoms with Crippen molar-refractivity contribution >= 4 is 23.5 Å². The van der Waals surface area contributed by atoms with Gasteiger partial charge in [0, 0.05) is 24.5 Å². The summed E-state index contributed by atoms with van der Waals surface area (Å²) in [5.41, 5.74) is 2.70. The first-order valence-corrected chi connectivity index (χ1v) is 12.5. The number of hydrogen-bond donors (Lipinski definition) is 3. The van der Waals surface area contributed by atoms with E-state index in [1.807, 2.05) is 19.9 Å². The van der Waals surface area contributed by atoms with Crippen molar-refractivity contribution in [3.63, 3.8) is 0 Å². The van der Waals surface area contributed by atoms with Crippen LogP contribution >= 0.6 is 0 Å². The second kappa shape index (κ2) is 9.11. The summed E-state index contributed by atoms with van der Waals surface area (Å²) in [4.78, 5) is 40.3. The second-order valence-corrected chi connectivity index (χ2v) is 10.5. The smallest absolute Gasteiger partial charge is 0.325 e. The summed E-state index contributed by atoms with van der Waals surface area (Å²) in [7, 11) is 1.78. The molecule has 5 rings (SSSR count). The van der Waals surface area contributed by atoms with E-state index in [0.717, 1.165) is 36.8 Å². The lowest BCUT2D eigenvalue weighted by Crippen LogP contribution is -2.50. The molecule has 2 aliphatic carbocycles. The first kappa shape index (κ1) is 23.5. The number of benzene rings is 1. The van der Waals surface area contributed by atoms with Crippen molar-refractivity contribution in [1.82, 2.24) is 20.0 Å². The fourth-order valence-corrected chi connectivity index (χ4v) is 5.57. The van der Waals surface area contributed by atoms with E-state index in [2.05, 4.69) is 15.7 Å². The van der Waals surface area contributed by atoms with Crippen molar-refractivity contribution in [2.24, 2.45) is 17.8 Å². The van der Waals surface area contributed by atoms with Crippen molar-refractivity contribution in [3.05, 3.63) is 47.3 Å². The normalized spacial score (nSPS) is 20.7. The zero-order valence-corrected chi connectivity index (χ0v) is 20.4. The van der Waals surface area contributed by atoms with Gasteiger partial charge in [0.25, 0.3) is 5.91 Å². The van der Waals surface area contributed by atoms with Gasteiger partial charge in [-0.2, -0.15) is 5.10 Å². The number of nitrogens with one attached hydrogen (secondary N) is 2. The highest BCUT2D eigenvalue weighted by molar-refractivity contribution is 6.01. The SMILES string of the molecule is CC(C)n1nccc1C(=O)N[C@H](C(=O)Nc1ccc2c(c1)CN(C)C2C(=O)O)C(C1CC1)C1CC1. The topological polar surface area (TPSA) is 117 Å². The average molecular weight is 480 g/mol. The van der Waals surface area contributed by atoms with E-state index in [1.165, 1.54) is 0 Å². The highest BCUT2D eigenvalue weighted by Crippen LogP contribution is 2.51. The van der Waals surface area contributed by atoms with Gasteiger partial charge >= 0.3 is 5.97 Å². The largest absolute Gasteiger partial charge is 0.480 e. The molecule has 2 fully saturated rings. The highest BCUT2D eigenvalue weighted by Gasteiger charge is 2.48. The first-order valence-electron chi connectivity index (χ1n) is 12.5. The third-order valence-electron chi connectivity index (χ3n) is 7.48. The van der Waals surface area contributed by atoms with Gasteiger partial charge in [0.15, 0.2) is 0 Å². The van der Waals surface area contributed by atoms with Gasteiger partial charge in [-0.25, -0.2) is 0 Å².